The maximum absolute atomic E-state index is 14.0. The first-order valence-corrected chi connectivity index (χ1v) is 7.43. The number of ether oxygens (including phenoxy) is 3. The van der Waals surface area contributed by atoms with E-state index in [0.29, 0.717) is 0 Å². The Labute approximate surface area is 139 Å². The summed E-state index contributed by atoms with van der Waals surface area (Å²) >= 11 is 0. The number of methoxy groups -OCH3 is 1. The lowest BCUT2D eigenvalue weighted by Crippen LogP contribution is -2.53. The molecule has 24 heavy (non-hydrogen) atoms. The standard InChI is InChI=1S/C17H22F2O5/c1-6-23-14(20)17(13(18)19,15(21)24-16(2,3)4)11-8-7-9-12(10-11)22-5/h7-10,13H,6H2,1-5H3. The maximum atomic E-state index is 14.0. The number of hydrogen-bond donors (Lipinski definition) is 0. The molecule has 0 aliphatic heterocycles. The molecule has 5 nitrogen and oxygen atoms in total. The van der Waals surface area contributed by atoms with Crippen LogP contribution in [0.3, 0.4) is 0 Å². The summed E-state index contributed by atoms with van der Waals surface area (Å²) < 4.78 is 42.9. The zero-order valence-electron chi connectivity index (χ0n) is 14.4. The number of carbonyl (C=O) groups excluding carboxylic acids is 2. The van der Waals surface area contributed by atoms with Gasteiger partial charge in [-0.3, -0.25) is 9.59 Å². The topological polar surface area (TPSA) is 61.8 Å². The number of benzene rings is 1. The molecule has 0 bridgehead atoms. The lowest BCUT2D eigenvalue weighted by Gasteiger charge is -2.32. The van der Waals surface area contributed by atoms with Crippen molar-refractivity contribution in [1.29, 1.82) is 0 Å². The summed E-state index contributed by atoms with van der Waals surface area (Å²) in [6.07, 6.45) is -3.36. The summed E-state index contributed by atoms with van der Waals surface area (Å²) in [6.45, 7) is 5.89. The summed E-state index contributed by atoms with van der Waals surface area (Å²) in [6, 6.07) is 5.37. The number of esters is 2. The van der Waals surface area contributed by atoms with E-state index in [1.54, 1.807) is 0 Å². The zero-order valence-corrected chi connectivity index (χ0v) is 14.4. The van der Waals surface area contributed by atoms with Crippen LogP contribution in [-0.2, 0) is 24.5 Å². The van der Waals surface area contributed by atoms with Gasteiger partial charge in [0.05, 0.1) is 13.7 Å². The molecule has 1 rings (SSSR count). The minimum absolute atomic E-state index is 0.153. The van der Waals surface area contributed by atoms with Crippen molar-refractivity contribution in [2.24, 2.45) is 0 Å². The Morgan fingerprint density at radius 2 is 1.79 bits per heavy atom. The lowest BCUT2D eigenvalue weighted by molar-refractivity contribution is -0.180. The van der Waals surface area contributed by atoms with Crippen molar-refractivity contribution in [3.63, 3.8) is 0 Å². The third-order valence-corrected chi connectivity index (χ3v) is 3.17. The molecule has 0 saturated carbocycles. The van der Waals surface area contributed by atoms with Crippen molar-refractivity contribution in [2.75, 3.05) is 13.7 Å². The van der Waals surface area contributed by atoms with E-state index < -0.39 is 29.4 Å². The molecule has 0 saturated heterocycles. The van der Waals surface area contributed by atoms with Crippen molar-refractivity contribution in [3.8, 4) is 5.75 Å². The first-order valence-electron chi connectivity index (χ1n) is 7.43. The van der Waals surface area contributed by atoms with Gasteiger partial charge in [-0.05, 0) is 45.4 Å². The third-order valence-electron chi connectivity index (χ3n) is 3.17. The third kappa shape index (κ3) is 4.01. The van der Waals surface area contributed by atoms with E-state index in [-0.39, 0.29) is 17.9 Å². The SMILES string of the molecule is CCOC(=O)C(C(=O)OC(C)(C)C)(c1cccc(OC)c1)C(F)F. The number of carbonyl (C=O) groups is 2. The van der Waals surface area contributed by atoms with Crippen molar-refractivity contribution in [1.82, 2.24) is 0 Å². The van der Waals surface area contributed by atoms with E-state index in [9.17, 15) is 18.4 Å². The Morgan fingerprint density at radius 3 is 2.25 bits per heavy atom. The molecule has 0 aromatic heterocycles. The molecule has 1 atom stereocenters. The zero-order chi connectivity index (χ0) is 18.5. The van der Waals surface area contributed by atoms with Crippen LogP contribution in [0.15, 0.2) is 24.3 Å². The average Bonchev–Trinajstić information content (AvgIpc) is 2.46. The number of hydrogen-bond acceptors (Lipinski definition) is 5. The molecule has 0 heterocycles. The van der Waals surface area contributed by atoms with Crippen molar-refractivity contribution >= 4 is 11.9 Å². The van der Waals surface area contributed by atoms with Gasteiger partial charge >= 0.3 is 11.9 Å². The molecule has 0 amide bonds. The van der Waals surface area contributed by atoms with Crippen LogP contribution in [0, 0.1) is 0 Å². The predicted molar refractivity (Wildman–Crippen MR) is 83.2 cm³/mol. The van der Waals surface area contributed by atoms with Crippen LogP contribution < -0.4 is 4.74 Å². The number of halogens is 2. The van der Waals surface area contributed by atoms with Crippen LogP contribution in [0.2, 0.25) is 0 Å². The fourth-order valence-electron chi connectivity index (χ4n) is 2.10. The van der Waals surface area contributed by atoms with Crippen LogP contribution in [0.5, 0.6) is 5.75 Å². The van der Waals surface area contributed by atoms with E-state index in [1.807, 2.05) is 0 Å². The molecule has 1 aromatic rings. The van der Waals surface area contributed by atoms with Crippen molar-refractivity contribution in [3.05, 3.63) is 29.8 Å². The first kappa shape index (κ1) is 19.9. The van der Waals surface area contributed by atoms with E-state index >= 15 is 0 Å². The molecule has 0 N–H and O–H groups in total. The Bertz CT molecular complexity index is 595. The van der Waals surface area contributed by atoms with Gasteiger partial charge in [0.1, 0.15) is 11.4 Å². The van der Waals surface area contributed by atoms with Crippen LogP contribution >= 0.6 is 0 Å². The molecule has 0 fully saturated rings. The van der Waals surface area contributed by atoms with Gasteiger partial charge in [-0.1, -0.05) is 12.1 Å². The monoisotopic (exact) mass is 344 g/mol. The van der Waals surface area contributed by atoms with Gasteiger partial charge in [-0.15, -0.1) is 0 Å². The summed E-state index contributed by atoms with van der Waals surface area (Å²) in [7, 11) is 1.35. The molecule has 7 heteroatoms. The summed E-state index contributed by atoms with van der Waals surface area (Å²) in [5.74, 6) is -2.50. The molecule has 0 aliphatic carbocycles. The normalized spacial score (nSPS) is 14.0. The van der Waals surface area contributed by atoms with Gasteiger partial charge in [0.15, 0.2) is 0 Å². The van der Waals surface area contributed by atoms with Crippen LogP contribution in [0.1, 0.15) is 33.3 Å². The fraction of sp³-hybridized carbons (Fsp3) is 0.529. The largest absolute Gasteiger partial charge is 0.497 e. The summed E-state index contributed by atoms with van der Waals surface area (Å²) in [5.41, 5.74) is -4.18. The van der Waals surface area contributed by atoms with Gasteiger partial charge in [0.2, 0.25) is 5.41 Å². The number of alkyl halides is 2. The highest BCUT2D eigenvalue weighted by atomic mass is 19.3. The molecule has 1 unspecified atom stereocenters. The van der Waals surface area contributed by atoms with E-state index in [2.05, 4.69) is 0 Å². The molecule has 134 valence electrons. The minimum atomic E-state index is -3.36. The molecular weight excluding hydrogens is 322 g/mol. The van der Waals surface area contributed by atoms with Crippen molar-refractivity contribution in [2.45, 2.75) is 45.1 Å². The van der Waals surface area contributed by atoms with Gasteiger partial charge in [-0.2, -0.15) is 0 Å². The van der Waals surface area contributed by atoms with Gasteiger partial charge in [0.25, 0.3) is 6.43 Å². The Hall–Kier alpha value is -2.18. The molecule has 0 radical (unpaired) electrons. The fourth-order valence-corrected chi connectivity index (χ4v) is 2.10. The highest BCUT2D eigenvalue weighted by molar-refractivity contribution is 6.07. The first-order chi connectivity index (χ1) is 11.1. The highest BCUT2D eigenvalue weighted by Crippen LogP contribution is 2.37. The lowest BCUT2D eigenvalue weighted by atomic mass is 9.80. The molecule has 1 aromatic carbocycles. The quantitative estimate of drug-likeness (QED) is 0.586. The van der Waals surface area contributed by atoms with Gasteiger partial charge < -0.3 is 14.2 Å². The highest BCUT2D eigenvalue weighted by Gasteiger charge is 2.59. The predicted octanol–water partition coefficient (Wildman–Crippen LogP) is 3.10. The van der Waals surface area contributed by atoms with Crippen LogP contribution in [-0.4, -0.2) is 37.7 Å². The maximum Gasteiger partial charge on any atom is 0.334 e. The van der Waals surface area contributed by atoms with E-state index in [1.165, 1.54) is 59.1 Å². The number of rotatable bonds is 6. The summed E-state index contributed by atoms with van der Waals surface area (Å²) in [4.78, 5) is 25.0. The second-order valence-corrected chi connectivity index (χ2v) is 6.06. The molecule has 0 aliphatic rings. The van der Waals surface area contributed by atoms with E-state index in [4.69, 9.17) is 14.2 Å². The van der Waals surface area contributed by atoms with Crippen molar-refractivity contribution < 1.29 is 32.6 Å². The van der Waals surface area contributed by atoms with E-state index in [0.717, 1.165) is 0 Å². The Morgan fingerprint density at radius 1 is 1.17 bits per heavy atom. The second-order valence-electron chi connectivity index (χ2n) is 6.06. The van der Waals surface area contributed by atoms with Gasteiger partial charge in [0, 0.05) is 0 Å². The second kappa shape index (κ2) is 7.59. The molecule has 0 spiro atoms. The Kier molecular flexibility index (Phi) is 6.29. The minimum Gasteiger partial charge on any atom is -0.497 e. The smallest absolute Gasteiger partial charge is 0.334 e. The molecular formula is C17H22F2O5. The van der Waals surface area contributed by atoms with Crippen LogP contribution in [0.4, 0.5) is 8.78 Å². The van der Waals surface area contributed by atoms with Gasteiger partial charge in [-0.25, -0.2) is 8.78 Å². The summed E-state index contributed by atoms with van der Waals surface area (Å²) in [5, 5.41) is 0. The Balaban J connectivity index is 3.58. The average molecular weight is 344 g/mol. The van der Waals surface area contributed by atoms with Crippen LogP contribution in [0.25, 0.3) is 0 Å².